The maximum absolute atomic E-state index is 6.08. The van der Waals surface area contributed by atoms with Gasteiger partial charge in [0.2, 0.25) is 0 Å². The van der Waals surface area contributed by atoms with E-state index in [0.29, 0.717) is 17.8 Å². The Morgan fingerprint density at radius 3 is 2.84 bits per heavy atom. The van der Waals surface area contributed by atoms with Crippen LogP contribution in [0.3, 0.4) is 0 Å². The van der Waals surface area contributed by atoms with E-state index < -0.39 is 0 Å². The monoisotopic (exact) mass is 341 g/mol. The fourth-order valence-corrected chi connectivity index (χ4v) is 3.66. The van der Waals surface area contributed by atoms with Crippen molar-refractivity contribution in [2.75, 3.05) is 0 Å². The summed E-state index contributed by atoms with van der Waals surface area (Å²) in [6.45, 7) is 4.65. The smallest absolute Gasteiger partial charge is 0.160 e. The van der Waals surface area contributed by atoms with Gasteiger partial charge < -0.3 is 4.57 Å². The molecule has 0 aliphatic heterocycles. The van der Waals surface area contributed by atoms with Crippen molar-refractivity contribution in [2.45, 2.75) is 38.6 Å². The molecule has 2 heterocycles. The zero-order chi connectivity index (χ0) is 13.6. The molecule has 1 saturated carbocycles. The van der Waals surface area contributed by atoms with Crippen molar-refractivity contribution in [3.63, 3.8) is 0 Å². The summed E-state index contributed by atoms with van der Waals surface area (Å²) >= 11 is 9.53. The van der Waals surface area contributed by atoms with Gasteiger partial charge >= 0.3 is 0 Å². The first-order valence-corrected chi connectivity index (χ1v) is 8.03. The quantitative estimate of drug-likeness (QED) is 0.750. The molecule has 0 amide bonds. The predicted octanol–water partition coefficient (Wildman–Crippen LogP) is 4.54. The molecule has 1 fully saturated rings. The van der Waals surface area contributed by atoms with E-state index in [4.69, 9.17) is 11.6 Å². The van der Waals surface area contributed by atoms with Crippen LogP contribution in [0.25, 0.3) is 11.2 Å². The Bertz CT molecular complexity index is 610. The van der Waals surface area contributed by atoms with Gasteiger partial charge in [-0.15, -0.1) is 11.6 Å². The lowest BCUT2D eigenvalue weighted by atomic mass is 9.97. The third-order valence-corrected chi connectivity index (χ3v) is 5.12. The van der Waals surface area contributed by atoms with E-state index in [2.05, 4.69) is 44.3 Å². The minimum Gasteiger partial charge on any atom is -0.308 e. The summed E-state index contributed by atoms with van der Waals surface area (Å²) in [6.07, 6.45) is 4.29. The normalized spacial score (nSPS) is 27.3. The molecule has 3 rings (SSSR count). The summed E-state index contributed by atoms with van der Waals surface area (Å²) in [6, 6.07) is 2.49. The number of nitrogens with zero attached hydrogens (tertiary/aromatic N) is 3. The second kappa shape index (κ2) is 5.06. The number of pyridine rings is 1. The maximum Gasteiger partial charge on any atom is 0.160 e. The van der Waals surface area contributed by atoms with Gasteiger partial charge in [0.05, 0.1) is 5.88 Å². The minimum absolute atomic E-state index is 0.436. The van der Waals surface area contributed by atoms with Crippen LogP contribution in [0.1, 0.15) is 38.6 Å². The van der Waals surface area contributed by atoms with Crippen LogP contribution in [0, 0.1) is 11.8 Å². The minimum atomic E-state index is 0.436. The molecule has 5 heteroatoms. The lowest BCUT2D eigenvalue weighted by Gasteiger charge is -2.21. The number of alkyl halides is 1. The lowest BCUT2D eigenvalue weighted by molar-refractivity contribution is 0.353. The zero-order valence-electron chi connectivity index (χ0n) is 11.1. The highest BCUT2D eigenvalue weighted by Crippen LogP contribution is 2.41. The molecule has 1 aliphatic carbocycles. The first kappa shape index (κ1) is 13.4. The van der Waals surface area contributed by atoms with Crippen LogP contribution in [0.2, 0.25) is 0 Å². The molecule has 3 atom stereocenters. The van der Waals surface area contributed by atoms with Gasteiger partial charge in [0.25, 0.3) is 0 Å². The van der Waals surface area contributed by atoms with Crippen LogP contribution in [0.4, 0.5) is 0 Å². The molecular weight excluding hydrogens is 326 g/mol. The van der Waals surface area contributed by atoms with E-state index in [1.807, 2.05) is 12.3 Å². The Kier molecular flexibility index (Phi) is 3.56. The molecule has 2 aromatic heterocycles. The predicted molar refractivity (Wildman–Crippen MR) is 81.4 cm³/mol. The zero-order valence-corrected chi connectivity index (χ0v) is 13.4. The van der Waals surface area contributed by atoms with Crippen LogP contribution in [-0.4, -0.2) is 14.5 Å². The van der Waals surface area contributed by atoms with Crippen LogP contribution in [-0.2, 0) is 5.88 Å². The molecule has 0 spiro atoms. The van der Waals surface area contributed by atoms with Gasteiger partial charge in [-0.1, -0.05) is 13.8 Å². The second-order valence-electron chi connectivity index (χ2n) is 5.51. The number of hydrogen-bond donors (Lipinski definition) is 0. The number of imidazole rings is 1. The van der Waals surface area contributed by atoms with Crippen molar-refractivity contribution in [2.24, 2.45) is 11.8 Å². The molecule has 0 saturated heterocycles. The average Bonchev–Trinajstić information content (AvgIpc) is 2.90. The van der Waals surface area contributed by atoms with Crippen molar-refractivity contribution in [3.05, 3.63) is 22.6 Å². The van der Waals surface area contributed by atoms with E-state index >= 15 is 0 Å². The van der Waals surface area contributed by atoms with E-state index in [9.17, 15) is 0 Å². The number of fused-ring (bicyclic) bond motifs is 1. The number of rotatable bonds is 2. The van der Waals surface area contributed by atoms with Gasteiger partial charge in [0, 0.05) is 16.7 Å². The molecule has 0 radical (unpaired) electrons. The summed E-state index contributed by atoms with van der Waals surface area (Å²) in [7, 11) is 0. The summed E-state index contributed by atoms with van der Waals surface area (Å²) < 4.78 is 3.22. The Balaban J connectivity index is 2.16. The average molecular weight is 343 g/mol. The highest BCUT2D eigenvalue weighted by Gasteiger charge is 2.33. The van der Waals surface area contributed by atoms with Crippen molar-refractivity contribution >= 4 is 38.7 Å². The van der Waals surface area contributed by atoms with Crippen molar-refractivity contribution in [3.8, 4) is 0 Å². The first-order valence-electron chi connectivity index (χ1n) is 6.70. The molecule has 3 nitrogen and oxygen atoms in total. The van der Waals surface area contributed by atoms with Gasteiger partial charge in [-0.3, -0.25) is 0 Å². The van der Waals surface area contributed by atoms with Gasteiger partial charge in [0.15, 0.2) is 5.65 Å². The highest BCUT2D eigenvalue weighted by atomic mass is 79.9. The van der Waals surface area contributed by atoms with Gasteiger partial charge in [-0.2, -0.15) is 0 Å². The fraction of sp³-hybridized carbons (Fsp3) is 0.571. The first-order chi connectivity index (χ1) is 9.11. The lowest BCUT2D eigenvalue weighted by Crippen LogP contribution is -2.17. The summed E-state index contributed by atoms with van der Waals surface area (Å²) in [5, 5.41) is 0. The number of aromatic nitrogens is 3. The highest BCUT2D eigenvalue weighted by molar-refractivity contribution is 9.10. The van der Waals surface area contributed by atoms with E-state index in [1.54, 1.807) is 0 Å². The Labute approximate surface area is 126 Å². The van der Waals surface area contributed by atoms with Crippen LogP contribution in [0.5, 0.6) is 0 Å². The van der Waals surface area contributed by atoms with E-state index in [0.717, 1.165) is 27.4 Å². The molecule has 1 aliphatic rings. The Morgan fingerprint density at radius 2 is 2.21 bits per heavy atom. The number of hydrogen-bond acceptors (Lipinski definition) is 2. The summed E-state index contributed by atoms with van der Waals surface area (Å²) in [5.74, 6) is 2.77. The molecule has 0 bridgehead atoms. The Hall–Kier alpha value is -0.610. The van der Waals surface area contributed by atoms with Gasteiger partial charge in [-0.05, 0) is 46.7 Å². The largest absolute Gasteiger partial charge is 0.308 e. The third-order valence-electron chi connectivity index (χ3n) is 4.44. The maximum atomic E-state index is 6.08. The summed E-state index contributed by atoms with van der Waals surface area (Å²) in [4.78, 5) is 9.18. The molecular formula is C14H17BrClN3. The van der Waals surface area contributed by atoms with Crippen LogP contribution >= 0.6 is 27.5 Å². The van der Waals surface area contributed by atoms with E-state index in [1.165, 1.54) is 12.8 Å². The summed E-state index contributed by atoms with van der Waals surface area (Å²) in [5.41, 5.74) is 1.89. The van der Waals surface area contributed by atoms with Crippen molar-refractivity contribution in [1.29, 1.82) is 0 Å². The molecule has 102 valence electrons. The topological polar surface area (TPSA) is 30.7 Å². The molecule has 0 aromatic carbocycles. The van der Waals surface area contributed by atoms with Crippen LogP contribution < -0.4 is 0 Å². The molecule has 2 aromatic rings. The molecule has 3 unspecified atom stereocenters. The standard InChI is InChI=1S/C14H17BrClN3/c1-8-3-4-12(9(8)2)19-13(6-16)18-11-5-10(15)7-17-14(11)19/h5,7-9,12H,3-4,6H2,1-2H3. The fourth-order valence-electron chi connectivity index (χ4n) is 3.15. The van der Waals surface area contributed by atoms with Crippen LogP contribution in [0.15, 0.2) is 16.7 Å². The Morgan fingerprint density at radius 1 is 1.42 bits per heavy atom. The SMILES string of the molecule is CC1CCC(n2c(CCl)nc3cc(Br)cnc32)C1C. The third kappa shape index (κ3) is 2.19. The second-order valence-corrected chi connectivity index (χ2v) is 6.69. The van der Waals surface area contributed by atoms with E-state index in [-0.39, 0.29) is 0 Å². The molecule has 19 heavy (non-hydrogen) atoms. The van der Waals surface area contributed by atoms with Crippen molar-refractivity contribution < 1.29 is 0 Å². The van der Waals surface area contributed by atoms with Gasteiger partial charge in [-0.25, -0.2) is 9.97 Å². The molecule has 0 N–H and O–H groups in total. The number of halogens is 2. The van der Waals surface area contributed by atoms with Crippen molar-refractivity contribution in [1.82, 2.24) is 14.5 Å². The van der Waals surface area contributed by atoms with Gasteiger partial charge in [0.1, 0.15) is 11.3 Å².